The van der Waals surface area contributed by atoms with E-state index in [0.29, 0.717) is 46.9 Å². The Balaban J connectivity index is 1.51. The molecule has 2 aromatic carbocycles. The first-order chi connectivity index (χ1) is 19.2. The summed E-state index contributed by atoms with van der Waals surface area (Å²) < 4.78 is 16.7. The fourth-order valence-corrected chi connectivity index (χ4v) is 5.05. The second-order valence-electron chi connectivity index (χ2n) is 10.1. The molecule has 1 aliphatic rings. The van der Waals surface area contributed by atoms with Gasteiger partial charge in [0.15, 0.2) is 11.5 Å². The number of aromatic nitrogens is 4. The summed E-state index contributed by atoms with van der Waals surface area (Å²) in [4.78, 5) is 31.2. The number of amides is 2. The maximum Gasteiger partial charge on any atom is 0.251 e. The number of anilines is 1. The number of hydrogen-bond donors (Lipinski definition) is 1. The van der Waals surface area contributed by atoms with Crippen LogP contribution in [0.1, 0.15) is 31.7 Å². The first kappa shape index (κ1) is 27.1. The molecule has 0 saturated carbocycles. The highest BCUT2D eigenvalue weighted by molar-refractivity contribution is 7.10. The zero-order valence-corrected chi connectivity index (χ0v) is 23.5. The lowest BCUT2D eigenvalue weighted by Gasteiger charge is -2.33. The third-order valence-electron chi connectivity index (χ3n) is 5.97. The third-order valence-corrected chi connectivity index (χ3v) is 6.89. The fourth-order valence-electron chi connectivity index (χ4n) is 4.24. The molecule has 11 nitrogen and oxygen atoms in total. The van der Waals surface area contributed by atoms with Crippen LogP contribution in [0.5, 0.6) is 17.2 Å². The fraction of sp³-hybridized carbons (Fsp3) is 0.321. The molecule has 0 saturated heterocycles. The minimum Gasteiger partial charge on any atom is -0.497 e. The Morgan fingerprint density at radius 3 is 2.52 bits per heavy atom. The number of nitrogens with zero attached hydrogens (tertiary/aromatic N) is 5. The number of ether oxygens (including phenoxy) is 3. The largest absolute Gasteiger partial charge is 0.497 e. The summed E-state index contributed by atoms with van der Waals surface area (Å²) in [5.41, 5.74) is 0.686. The van der Waals surface area contributed by atoms with Gasteiger partial charge in [-0.3, -0.25) is 14.5 Å². The van der Waals surface area contributed by atoms with Crippen LogP contribution in [0.3, 0.4) is 0 Å². The van der Waals surface area contributed by atoms with Gasteiger partial charge in [0.2, 0.25) is 11.7 Å². The number of methoxy groups -OCH3 is 1. The quantitative estimate of drug-likeness (QED) is 0.344. The predicted molar refractivity (Wildman–Crippen MR) is 150 cm³/mol. The average molecular weight is 563 g/mol. The van der Waals surface area contributed by atoms with E-state index >= 15 is 0 Å². The number of benzene rings is 2. The van der Waals surface area contributed by atoms with Gasteiger partial charge in [-0.1, -0.05) is 6.07 Å². The van der Waals surface area contributed by atoms with Gasteiger partial charge in [0.05, 0.1) is 7.11 Å². The van der Waals surface area contributed by atoms with E-state index in [4.69, 9.17) is 14.2 Å². The number of carbonyl (C=O) groups excluding carboxylic acids is 2. The van der Waals surface area contributed by atoms with Gasteiger partial charge in [0.25, 0.3) is 5.91 Å². The Morgan fingerprint density at radius 1 is 1.10 bits per heavy atom. The first-order valence-electron chi connectivity index (χ1n) is 12.7. The molecule has 3 heterocycles. The predicted octanol–water partition coefficient (Wildman–Crippen LogP) is 3.87. The van der Waals surface area contributed by atoms with Crippen molar-refractivity contribution in [3.63, 3.8) is 0 Å². The van der Waals surface area contributed by atoms with Crippen LogP contribution in [0.2, 0.25) is 0 Å². The van der Waals surface area contributed by atoms with Gasteiger partial charge in [-0.2, -0.15) is 4.80 Å². The van der Waals surface area contributed by atoms with Gasteiger partial charge in [-0.15, -0.1) is 21.5 Å². The standard InChI is InChI=1S/C28H30N6O5S/c1-28(2,3)29-27(36)25(23-6-5-15-40-23)34(19-9-12-21-22(16-19)39-14-13-38-21)24(35)17-33-31-26(30-32-33)18-7-10-20(37-4)11-8-18/h5-12,15-16,25H,13-14,17H2,1-4H3,(H,29,36). The van der Waals surface area contributed by atoms with E-state index in [2.05, 4.69) is 20.7 Å². The van der Waals surface area contributed by atoms with Crippen LogP contribution in [0.25, 0.3) is 11.4 Å². The molecule has 1 aliphatic heterocycles. The zero-order valence-electron chi connectivity index (χ0n) is 22.7. The van der Waals surface area contributed by atoms with Gasteiger partial charge in [-0.05, 0) is 73.8 Å². The Hall–Kier alpha value is -4.45. The molecule has 0 bridgehead atoms. The molecular weight excluding hydrogens is 532 g/mol. The molecule has 0 radical (unpaired) electrons. The molecular formula is C28H30N6O5S. The third kappa shape index (κ3) is 6.07. The topological polar surface area (TPSA) is 121 Å². The zero-order chi connectivity index (χ0) is 28.3. The van der Waals surface area contributed by atoms with Crippen molar-refractivity contribution in [3.8, 4) is 28.6 Å². The Kier molecular flexibility index (Phi) is 7.69. The summed E-state index contributed by atoms with van der Waals surface area (Å²) in [6.07, 6.45) is 0. The Bertz CT molecular complexity index is 1480. The molecule has 4 aromatic rings. The number of tetrazole rings is 1. The summed E-state index contributed by atoms with van der Waals surface area (Å²) in [7, 11) is 1.59. The van der Waals surface area contributed by atoms with Crippen molar-refractivity contribution in [1.82, 2.24) is 25.5 Å². The van der Waals surface area contributed by atoms with Crippen molar-refractivity contribution in [2.45, 2.75) is 38.9 Å². The van der Waals surface area contributed by atoms with Crippen LogP contribution >= 0.6 is 11.3 Å². The van der Waals surface area contributed by atoms with Crippen molar-refractivity contribution in [1.29, 1.82) is 0 Å². The molecule has 0 fully saturated rings. The number of fused-ring (bicyclic) bond motifs is 1. The van der Waals surface area contributed by atoms with Crippen molar-refractivity contribution in [2.24, 2.45) is 0 Å². The molecule has 0 aliphatic carbocycles. The smallest absolute Gasteiger partial charge is 0.251 e. The lowest BCUT2D eigenvalue weighted by atomic mass is 10.1. The molecule has 208 valence electrons. The maximum absolute atomic E-state index is 14.1. The Morgan fingerprint density at radius 2 is 1.85 bits per heavy atom. The van der Waals surface area contributed by atoms with Crippen LogP contribution in [-0.2, 0) is 16.1 Å². The minimum absolute atomic E-state index is 0.248. The van der Waals surface area contributed by atoms with E-state index < -0.39 is 17.5 Å². The highest BCUT2D eigenvalue weighted by atomic mass is 32.1. The van der Waals surface area contributed by atoms with Gasteiger partial charge in [0.1, 0.15) is 31.5 Å². The molecule has 0 spiro atoms. The Labute approximate surface area is 235 Å². The van der Waals surface area contributed by atoms with Crippen LogP contribution in [0, 0.1) is 0 Å². The molecule has 1 unspecified atom stereocenters. The number of nitrogens with one attached hydrogen (secondary N) is 1. The van der Waals surface area contributed by atoms with Crippen molar-refractivity contribution in [2.75, 3.05) is 25.2 Å². The molecule has 1 atom stereocenters. The molecule has 12 heteroatoms. The van der Waals surface area contributed by atoms with Crippen molar-refractivity contribution in [3.05, 3.63) is 64.9 Å². The van der Waals surface area contributed by atoms with Crippen molar-refractivity contribution >= 4 is 28.8 Å². The van der Waals surface area contributed by atoms with E-state index in [0.717, 1.165) is 5.56 Å². The highest BCUT2D eigenvalue weighted by Crippen LogP contribution is 2.38. The molecule has 40 heavy (non-hydrogen) atoms. The number of rotatable bonds is 8. The van der Waals surface area contributed by atoms with E-state index in [-0.39, 0.29) is 12.5 Å². The van der Waals surface area contributed by atoms with E-state index in [1.54, 1.807) is 37.4 Å². The summed E-state index contributed by atoms with van der Waals surface area (Å²) in [5.74, 6) is 1.43. The lowest BCUT2D eigenvalue weighted by molar-refractivity contribution is -0.128. The summed E-state index contributed by atoms with van der Waals surface area (Å²) in [5, 5.41) is 17.5. The van der Waals surface area contributed by atoms with Gasteiger partial charge in [-0.25, -0.2) is 0 Å². The van der Waals surface area contributed by atoms with Crippen LogP contribution < -0.4 is 24.4 Å². The maximum atomic E-state index is 14.1. The average Bonchev–Trinajstić information content (AvgIpc) is 3.63. The highest BCUT2D eigenvalue weighted by Gasteiger charge is 2.36. The van der Waals surface area contributed by atoms with E-state index in [9.17, 15) is 9.59 Å². The SMILES string of the molecule is COc1ccc(-c2nnn(CC(=O)N(c3ccc4c(c3)OCCO4)C(C(=O)NC(C)(C)C)c3cccs3)n2)cc1. The van der Waals surface area contributed by atoms with Crippen LogP contribution in [0.15, 0.2) is 60.0 Å². The molecule has 5 rings (SSSR count). The van der Waals surface area contributed by atoms with Gasteiger partial charge in [0, 0.05) is 27.7 Å². The number of carbonyl (C=O) groups is 2. The number of hydrogen-bond acceptors (Lipinski definition) is 9. The van der Waals surface area contributed by atoms with Crippen molar-refractivity contribution < 1.29 is 23.8 Å². The minimum atomic E-state index is -0.945. The summed E-state index contributed by atoms with van der Waals surface area (Å²) >= 11 is 1.39. The second kappa shape index (κ2) is 11.3. The molecule has 2 amide bonds. The van der Waals surface area contributed by atoms with E-state index in [1.165, 1.54) is 21.0 Å². The summed E-state index contributed by atoms with van der Waals surface area (Å²) in [6, 6.07) is 15.2. The second-order valence-corrected chi connectivity index (χ2v) is 11.1. The normalized spacial score (nSPS) is 13.4. The van der Waals surface area contributed by atoms with Gasteiger partial charge < -0.3 is 19.5 Å². The number of thiophene rings is 1. The molecule has 1 N–H and O–H groups in total. The van der Waals surface area contributed by atoms with Crippen LogP contribution in [0.4, 0.5) is 5.69 Å². The van der Waals surface area contributed by atoms with Crippen LogP contribution in [-0.4, -0.2) is 57.9 Å². The van der Waals surface area contributed by atoms with E-state index in [1.807, 2.05) is 50.4 Å². The lowest BCUT2D eigenvalue weighted by Crippen LogP contribution is -2.50. The molecule has 2 aromatic heterocycles. The monoisotopic (exact) mass is 562 g/mol. The van der Waals surface area contributed by atoms with Gasteiger partial charge >= 0.3 is 0 Å². The summed E-state index contributed by atoms with van der Waals surface area (Å²) in [6.45, 7) is 6.27. The first-order valence-corrected chi connectivity index (χ1v) is 13.6.